The van der Waals surface area contributed by atoms with Crippen LogP contribution in [0.25, 0.3) is 10.6 Å². The second kappa shape index (κ2) is 8.78. The molecule has 1 aromatic carbocycles. The molecule has 1 unspecified atom stereocenters. The van der Waals surface area contributed by atoms with Crippen LogP contribution in [-0.2, 0) is 15.7 Å². The van der Waals surface area contributed by atoms with Crippen molar-refractivity contribution >= 4 is 23.3 Å². The first-order valence-electron chi connectivity index (χ1n) is 8.70. The molecule has 0 saturated carbocycles. The first-order valence-corrected chi connectivity index (χ1v) is 9.51. The number of aromatic nitrogens is 1. The molecule has 7 nitrogen and oxygen atoms in total. The van der Waals surface area contributed by atoms with E-state index in [-0.39, 0.29) is 17.4 Å². The van der Waals surface area contributed by atoms with Crippen molar-refractivity contribution < 1.29 is 32.2 Å². The van der Waals surface area contributed by atoms with E-state index in [4.69, 9.17) is 9.47 Å². The van der Waals surface area contributed by atoms with Crippen molar-refractivity contribution in [1.82, 2.24) is 15.8 Å². The van der Waals surface area contributed by atoms with Crippen molar-refractivity contribution in [1.29, 1.82) is 0 Å². The molecule has 2 N–H and O–H groups in total. The molecular formula is C18H18F3N3O4S. The monoisotopic (exact) mass is 429 g/mol. The number of nitrogens with one attached hydrogen (secondary N) is 2. The van der Waals surface area contributed by atoms with Crippen LogP contribution in [0.1, 0.15) is 27.3 Å². The molecular weight excluding hydrogens is 411 g/mol. The average Bonchev–Trinajstić information content (AvgIpc) is 3.33. The van der Waals surface area contributed by atoms with Gasteiger partial charge in [0.1, 0.15) is 9.88 Å². The molecule has 2 heterocycles. The predicted molar refractivity (Wildman–Crippen MR) is 98.2 cm³/mol. The van der Waals surface area contributed by atoms with Gasteiger partial charge in [0.15, 0.2) is 0 Å². The predicted octanol–water partition coefficient (Wildman–Crippen LogP) is 3.54. The smallest absolute Gasteiger partial charge is 0.426 e. The second-order valence-corrected chi connectivity index (χ2v) is 7.41. The topological polar surface area (TPSA) is 89.6 Å². The quantitative estimate of drug-likeness (QED) is 0.726. The third-order valence-electron chi connectivity index (χ3n) is 4.21. The molecule has 0 radical (unpaired) electrons. The van der Waals surface area contributed by atoms with E-state index in [2.05, 4.69) is 15.8 Å². The molecule has 1 aliphatic rings. The van der Waals surface area contributed by atoms with E-state index >= 15 is 0 Å². The maximum atomic E-state index is 12.7. The molecule has 0 aliphatic carbocycles. The van der Waals surface area contributed by atoms with Crippen molar-refractivity contribution in [3.05, 3.63) is 40.4 Å². The minimum Gasteiger partial charge on any atom is -0.448 e. The summed E-state index contributed by atoms with van der Waals surface area (Å²) in [4.78, 5) is 28.4. The van der Waals surface area contributed by atoms with Crippen molar-refractivity contribution in [2.45, 2.75) is 19.5 Å². The molecule has 156 valence electrons. The number of aryl methyl sites for hydroxylation is 1. The number of thiazole rings is 1. The third-order valence-corrected chi connectivity index (χ3v) is 5.42. The highest BCUT2D eigenvalue weighted by Crippen LogP contribution is 2.32. The van der Waals surface area contributed by atoms with Crippen LogP contribution in [0.2, 0.25) is 0 Å². The molecule has 0 bridgehead atoms. The van der Waals surface area contributed by atoms with Gasteiger partial charge < -0.3 is 9.47 Å². The molecule has 1 aromatic heterocycles. The Bertz CT molecular complexity index is 877. The second-order valence-electron chi connectivity index (χ2n) is 6.42. The number of halogens is 3. The fourth-order valence-electron chi connectivity index (χ4n) is 2.64. The van der Waals surface area contributed by atoms with Gasteiger partial charge in [0, 0.05) is 18.1 Å². The molecule has 11 heteroatoms. The number of amides is 2. The number of ether oxygens (including phenoxy) is 2. The van der Waals surface area contributed by atoms with Gasteiger partial charge in [-0.3, -0.25) is 10.2 Å². The molecule has 3 rings (SSSR count). The van der Waals surface area contributed by atoms with Crippen LogP contribution in [0.4, 0.5) is 18.0 Å². The van der Waals surface area contributed by atoms with Gasteiger partial charge in [-0.15, -0.1) is 11.3 Å². The van der Waals surface area contributed by atoms with Crippen LogP contribution >= 0.6 is 11.3 Å². The molecule has 29 heavy (non-hydrogen) atoms. The summed E-state index contributed by atoms with van der Waals surface area (Å²) < 4.78 is 48.2. The van der Waals surface area contributed by atoms with Crippen LogP contribution in [0, 0.1) is 12.8 Å². The lowest BCUT2D eigenvalue weighted by Crippen LogP contribution is -2.42. The Morgan fingerprint density at radius 1 is 1.28 bits per heavy atom. The summed E-state index contributed by atoms with van der Waals surface area (Å²) in [5, 5.41) is 0.394. The number of hydrogen-bond donors (Lipinski definition) is 2. The van der Waals surface area contributed by atoms with Gasteiger partial charge in [-0.25, -0.2) is 15.2 Å². The van der Waals surface area contributed by atoms with E-state index in [0.29, 0.717) is 29.5 Å². The lowest BCUT2D eigenvalue weighted by Gasteiger charge is -2.10. The number of carbonyl (C=O) groups excluding carboxylic acids is 2. The van der Waals surface area contributed by atoms with E-state index in [1.807, 2.05) is 0 Å². The molecule has 0 spiro atoms. The summed E-state index contributed by atoms with van der Waals surface area (Å²) >= 11 is 1.01. The molecule has 2 amide bonds. The van der Waals surface area contributed by atoms with Gasteiger partial charge in [-0.1, -0.05) is 12.1 Å². The zero-order valence-corrected chi connectivity index (χ0v) is 16.2. The molecule has 2 aromatic rings. The minimum atomic E-state index is -4.42. The SMILES string of the molecule is Cc1nc(-c2ccc(C(F)(F)F)cc2)sc1C(=O)NNC(=O)OCC1CCOC1. The Morgan fingerprint density at radius 3 is 2.62 bits per heavy atom. The normalized spacial score (nSPS) is 16.5. The summed E-state index contributed by atoms with van der Waals surface area (Å²) in [6.45, 7) is 2.96. The minimum absolute atomic E-state index is 0.145. The standard InChI is InChI=1S/C18H18F3N3O4S/c1-10-14(15(25)23-24-17(26)28-9-11-6-7-27-8-11)29-16(22-10)12-2-4-13(5-3-12)18(19,20)21/h2-5,11H,6-9H2,1H3,(H,23,25)(H,24,26). The maximum Gasteiger partial charge on any atom is 0.426 e. The summed E-state index contributed by atoms with van der Waals surface area (Å²) in [5.74, 6) is -0.453. The van der Waals surface area contributed by atoms with Gasteiger partial charge >= 0.3 is 12.3 Å². The van der Waals surface area contributed by atoms with Gasteiger partial charge in [-0.05, 0) is 25.5 Å². The third kappa shape index (κ3) is 5.45. The summed E-state index contributed by atoms with van der Waals surface area (Å²) in [7, 11) is 0. The molecule has 1 atom stereocenters. The summed E-state index contributed by atoms with van der Waals surface area (Å²) in [6.07, 6.45) is -4.41. The number of carbonyl (C=O) groups is 2. The Kier molecular flexibility index (Phi) is 6.38. The van der Waals surface area contributed by atoms with Gasteiger partial charge in [0.25, 0.3) is 5.91 Å². The van der Waals surface area contributed by atoms with Crippen LogP contribution in [-0.4, -0.2) is 36.8 Å². The largest absolute Gasteiger partial charge is 0.448 e. The van der Waals surface area contributed by atoms with E-state index in [1.165, 1.54) is 12.1 Å². The fourth-order valence-corrected chi connectivity index (χ4v) is 3.61. The Balaban J connectivity index is 1.57. The number of benzene rings is 1. The van der Waals surface area contributed by atoms with E-state index in [9.17, 15) is 22.8 Å². The first kappa shape index (κ1) is 21.1. The summed E-state index contributed by atoms with van der Waals surface area (Å²) in [5.41, 5.74) is 4.47. The highest BCUT2D eigenvalue weighted by Gasteiger charge is 2.30. The number of hydrogen-bond acceptors (Lipinski definition) is 6. The lowest BCUT2D eigenvalue weighted by molar-refractivity contribution is -0.137. The molecule has 1 saturated heterocycles. The van der Waals surface area contributed by atoms with Crippen molar-refractivity contribution in [3.8, 4) is 10.6 Å². The number of rotatable bonds is 4. The molecule has 1 aliphatic heterocycles. The van der Waals surface area contributed by atoms with Gasteiger partial charge in [-0.2, -0.15) is 13.2 Å². The Morgan fingerprint density at radius 2 is 2.00 bits per heavy atom. The first-order chi connectivity index (χ1) is 13.7. The van der Waals surface area contributed by atoms with Crippen LogP contribution < -0.4 is 10.9 Å². The van der Waals surface area contributed by atoms with Gasteiger partial charge in [0.2, 0.25) is 0 Å². The number of alkyl halides is 3. The lowest BCUT2D eigenvalue weighted by atomic mass is 10.1. The number of nitrogens with zero attached hydrogens (tertiary/aromatic N) is 1. The highest BCUT2D eigenvalue weighted by atomic mass is 32.1. The zero-order chi connectivity index (χ0) is 21.0. The van der Waals surface area contributed by atoms with Crippen LogP contribution in [0.3, 0.4) is 0 Å². The fraction of sp³-hybridized carbons (Fsp3) is 0.389. The Labute approximate surface area is 168 Å². The zero-order valence-electron chi connectivity index (χ0n) is 15.3. The Hall–Kier alpha value is -2.66. The van der Waals surface area contributed by atoms with E-state index < -0.39 is 23.7 Å². The van der Waals surface area contributed by atoms with Crippen LogP contribution in [0.15, 0.2) is 24.3 Å². The summed E-state index contributed by atoms with van der Waals surface area (Å²) in [6, 6.07) is 4.51. The van der Waals surface area contributed by atoms with E-state index in [0.717, 1.165) is 29.9 Å². The van der Waals surface area contributed by atoms with Crippen molar-refractivity contribution in [2.24, 2.45) is 5.92 Å². The van der Waals surface area contributed by atoms with Crippen LogP contribution in [0.5, 0.6) is 0 Å². The molecule has 1 fully saturated rings. The van der Waals surface area contributed by atoms with E-state index in [1.54, 1.807) is 6.92 Å². The number of hydrazine groups is 1. The average molecular weight is 429 g/mol. The van der Waals surface area contributed by atoms with Crippen molar-refractivity contribution in [3.63, 3.8) is 0 Å². The highest BCUT2D eigenvalue weighted by molar-refractivity contribution is 7.17. The van der Waals surface area contributed by atoms with Crippen molar-refractivity contribution in [2.75, 3.05) is 19.8 Å². The van der Waals surface area contributed by atoms with Gasteiger partial charge in [0.05, 0.1) is 24.5 Å². The maximum absolute atomic E-state index is 12.7.